The van der Waals surface area contributed by atoms with Gasteiger partial charge in [-0.25, -0.2) is 0 Å². The Bertz CT molecular complexity index is 813. The van der Waals surface area contributed by atoms with Gasteiger partial charge in [0.15, 0.2) is 0 Å². The predicted octanol–water partition coefficient (Wildman–Crippen LogP) is 4.43. The first kappa shape index (κ1) is 20.6. The fourth-order valence-electron chi connectivity index (χ4n) is 2.55. The summed E-state index contributed by atoms with van der Waals surface area (Å²) in [6.07, 6.45) is -9.68. The van der Waals surface area contributed by atoms with Gasteiger partial charge in [0.25, 0.3) is 0 Å². The van der Waals surface area contributed by atoms with Crippen LogP contribution in [0.2, 0.25) is 0 Å². The van der Waals surface area contributed by atoms with E-state index in [1.807, 2.05) is 5.32 Å². The van der Waals surface area contributed by atoms with Gasteiger partial charge in [0, 0.05) is 5.56 Å². The van der Waals surface area contributed by atoms with Crippen molar-refractivity contribution in [3.05, 3.63) is 59.2 Å². The summed E-state index contributed by atoms with van der Waals surface area (Å²) < 4.78 is 79.9. The smallest absolute Gasteiger partial charge is 0.406 e. The second kappa shape index (κ2) is 7.10. The Balaban J connectivity index is 2.51. The van der Waals surface area contributed by atoms with Gasteiger partial charge in [0.2, 0.25) is 6.41 Å². The molecule has 0 fully saturated rings. The minimum atomic E-state index is -4.91. The first-order valence-corrected chi connectivity index (χ1v) is 7.36. The van der Waals surface area contributed by atoms with Gasteiger partial charge < -0.3 is 15.2 Å². The van der Waals surface area contributed by atoms with Crippen LogP contribution in [0.5, 0.6) is 5.75 Å². The van der Waals surface area contributed by atoms with Crippen molar-refractivity contribution < 1.29 is 41.0 Å². The number of aliphatic hydroxyl groups is 1. The Morgan fingerprint density at radius 3 is 2.00 bits per heavy atom. The molecule has 0 radical (unpaired) electrons. The normalized spacial score (nSPS) is 14.4. The zero-order valence-electron chi connectivity index (χ0n) is 13.7. The third kappa shape index (κ3) is 4.70. The van der Waals surface area contributed by atoms with Crippen LogP contribution in [0.4, 0.5) is 32.0 Å². The number of carbonyl (C=O) groups is 1. The summed E-state index contributed by atoms with van der Waals surface area (Å²) in [7, 11) is 0. The number of ether oxygens (including phenoxy) is 1. The van der Waals surface area contributed by atoms with Gasteiger partial charge in [-0.2, -0.15) is 13.2 Å². The average Bonchev–Trinajstić information content (AvgIpc) is 2.53. The molecule has 2 rings (SSSR count). The van der Waals surface area contributed by atoms with Gasteiger partial charge in [-0.05, 0) is 30.7 Å². The number of alkyl halides is 6. The first-order chi connectivity index (χ1) is 12.4. The van der Waals surface area contributed by atoms with Gasteiger partial charge in [-0.15, -0.1) is 13.2 Å². The zero-order chi connectivity index (χ0) is 20.5. The Labute approximate surface area is 149 Å². The minimum absolute atomic E-state index is 0.00898. The van der Waals surface area contributed by atoms with Crippen LogP contribution in [0.15, 0.2) is 42.5 Å². The molecule has 1 unspecified atom stereocenters. The molecule has 2 aromatic rings. The molecule has 0 saturated heterocycles. The van der Waals surface area contributed by atoms with Crippen molar-refractivity contribution in [1.82, 2.24) is 0 Å². The molecule has 0 aliphatic heterocycles. The molecule has 2 N–H and O–H groups in total. The molecule has 4 nitrogen and oxygen atoms in total. The van der Waals surface area contributed by atoms with Crippen LogP contribution in [0, 0.1) is 0 Å². The van der Waals surface area contributed by atoms with E-state index in [1.165, 1.54) is 6.07 Å². The second-order valence-corrected chi connectivity index (χ2v) is 5.63. The monoisotopic (exact) mass is 393 g/mol. The lowest BCUT2D eigenvalue weighted by atomic mass is 9.85. The molecule has 10 heteroatoms. The van der Waals surface area contributed by atoms with Crippen molar-refractivity contribution in [3.63, 3.8) is 0 Å². The number of halogens is 6. The minimum Gasteiger partial charge on any atom is -0.406 e. The van der Waals surface area contributed by atoms with E-state index < -0.39 is 35.1 Å². The molecule has 1 atom stereocenters. The summed E-state index contributed by atoms with van der Waals surface area (Å²) in [6, 6.07) is 6.92. The summed E-state index contributed by atoms with van der Waals surface area (Å²) in [6.45, 7) is 1.15. The molecule has 0 saturated carbocycles. The third-order valence-corrected chi connectivity index (χ3v) is 3.75. The number of anilines is 1. The molecule has 0 spiro atoms. The highest BCUT2D eigenvalue weighted by atomic mass is 19.4. The molecule has 146 valence electrons. The summed E-state index contributed by atoms with van der Waals surface area (Å²) in [5.74, 6) is -0.558. The van der Waals surface area contributed by atoms with E-state index in [0.29, 0.717) is 0 Å². The van der Waals surface area contributed by atoms with Gasteiger partial charge in [-0.1, -0.05) is 24.3 Å². The Kier molecular flexibility index (Phi) is 5.41. The Hall–Kier alpha value is -2.75. The van der Waals surface area contributed by atoms with E-state index in [2.05, 4.69) is 4.74 Å². The lowest BCUT2D eigenvalue weighted by Gasteiger charge is -2.28. The van der Waals surface area contributed by atoms with Crippen molar-refractivity contribution in [3.8, 4) is 5.75 Å². The van der Waals surface area contributed by atoms with Gasteiger partial charge >= 0.3 is 12.5 Å². The van der Waals surface area contributed by atoms with E-state index in [-0.39, 0.29) is 17.5 Å². The topological polar surface area (TPSA) is 58.6 Å². The summed E-state index contributed by atoms with van der Waals surface area (Å²) in [5, 5.41) is 12.7. The molecule has 0 aromatic heterocycles. The van der Waals surface area contributed by atoms with Gasteiger partial charge in [0.1, 0.15) is 11.4 Å². The Morgan fingerprint density at radius 1 is 0.963 bits per heavy atom. The van der Waals surface area contributed by atoms with Crippen molar-refractivity contribution in [2.45, 2.75) is 25.1 Å². The molecule has 2 aromatic carbocycles. The number of nitrogens with one attached hydrogen (secondary N) is 1. The number of rotatable bonds is 5. The Morgan fingerprint density at radius 2 is 1.52 bits per heavy atom. The maximum Gasteiger partial charge on any atom is 0.573 e. The summed E-state index contributed by atoms with van der Waals surface area (Å²) in [5.41, 5.74) is -4.17. The van der Waals surface area contributed by atoms with Crippen LogP contribution in [0.3, 0.4) is 0 Å². The lowest BCUT2D eigenvalue weighted by molar-refractivity contribution is -0.274. The van der Waals surface area contributed by atoms with Crippen LogP contribution < -0.4 is 10.1 Å². The number of para-hydroxylation sites is 1. The van der Waals surface area contributed by atoms with Crippen molar-refractivity contribution in [2.24, 2.45) is 0 Å². The molecule has 0 aliphatic rings. The SMILES string of the molecule is CC(O)(c1ccc(OC(F)(F)F)cc1)c1cccc(C(F)(F)F)c1NC=O. The zero-order valence-corrected chi connectivity index (χ0v) is 13.7. The quantitative estimate of drug-likeness (QED) is 0.584. The van der Waals surface area contributed by atoms with E-state index >= 15 is 0 Å². The van der Waals surface area contributed by atoms with Gasteiger partial charge in [0.05, 0.1) is 11.3 Å². The number of carbonyl (C=O) groups excluding carboxylic acids is 1. The maximum absolute atomic E-state index is 13.2. The highest BCUT2D eigenvalue weighted by molar-refractivity contribution is 5.77. The molecule has 1 amide bonds. The highest BCUT2D eigenvalue weighted by Gasteiger charge is 2.38. The summed E-state index contributed by atoms with van der Waals surface area (Å²) in [4.78, 5) is 10.8. The standard InChI is InChI=1S/C17H13F6NO3/c1-15(26,10-5-7-11(8-6-10)27-17(21,22)23)12-3-2-4-13(16(18,19)20)14(12)24-9-25/h2-9,26H,1H3,(H,24,25). The summed E-state index contributed by atoms with van der Waals surface area (Å²) >= 11 is 0. The van der Waals surface area contributed by atoms with Crippen LogP contribution in [0.1, 0.15) is 23.6 Å². The third-order valence-electron chi connectivity index (χ3n) is 3.75. The first-order valence-electron chi connectivity index (χ1n) is 7.36. The molecule has 27 heavy (non-hydrogen) atoms. The number of hydrogen-bond donors (Lipinski definition) is 2. The molecular formula is C17H13F6NO3. The molecule has 0 aliphatic carbocycles. The van der Waals surface area contributed by atoms with E-state index in [9.17, 15) is 36.2 Å². The number of benzene rings is 2. The lowest BCUT2D eigenvalue weighted by Crippen LogP contribution is -2.26. The van der Waals surface area contributed by atoms with Crippen LogP contribution in [0.25, 0.3) is 0 Å². The molecule has 0 bridgehead atoms. The number of amides is 1. The van der Waals surface area contributed by atoms with Crippen molar-refractivity contribution >= 4 is 12.1 Å². The van der Waals surface area contributed by atoms with Crippen LogP contribution in [-0.4, -0.2) is 17.9 Å². The van der Waals surface area contributed by atoms with E-state index in [0.717, 1.165) is 43.3 Å². The van der Waals surface area contributed by atoms with E-state index in [1.54, 1.807) is 0 Å². The highest BCUT2D eigenvalue weighted by Crippen LogP contribution is 2.42. The maximum atomic E-state index is 13.2. The van der Waals surface area contributed by atoms with Crippen molar-refractivity contribution in [1.29, 1.82) is 0 Å². The molecule has 0 heterocycles. The number of hydrogen-bond acceptors (Lipinski definition) is 3. The average molecular weight is 393 g/mol. The predicted molar refractivity (Wildman–Crippen MR) is 82.9 cm³/mol. The van der Waals surface area contributed by atoms with Crippen molar-refractivity contribution in [2.75, 3.05) is 5.32 Å². The second-order valence-electron chi connectivity index (χ2n) is 5.63. The van der Waals surface area contributed by atoms with Crippen LogP contribution in [-0.2, 0) is 16.6 Å². The van der Waals surface area contributed by atoms with E-state index in [4.69, 9.17) is 0 Å². The molecular weight excluding hydrogens is 380 g/mol. The van der Waals surface area contributed by atoms with Crippen LogP contribution >= 0.6 is 0 Å². The largest absolute Gasteiger partial charge is 0.573 e. The van der Waals surface area contributed by atoms with Gasteiger partial charge in [-0.3, -0.25) is 4.79 Å². The fourth-order valence-corrected chi connectivity index (χ4v) is 2.55. The fraction of sp³-hybridized carbons (Fsp3) is 0.235.